The third-order valence-corrected chi connectivity index (χ3v) is 5.14. The van der Waals surface area contributed by atoms with E-state index >= 15 is 0 Å². The van der Waals surface area contributed by atoms with Gasteiger partial charge in [-0.3, -0.25) is 4.98 Å². The van der Waals surface area contributed by atoms with Gasteiger partial charge >= 0.3 is 5.76 Å². The average molecular weight is 374 g/mol. The molecule has 0 aliphatic rings. The van der Waals surface area contributed by atoms with Crippen molar-refractivity contribution in [3.8, 4) is 0 Å². The molecule has 9 heteroatoms. The molecule has 1 aromatic heterocycles. The number of aromatic amines is 1. The highest BCUT2D eigenvalue weighted by molar-refractivity contribution is 7.88. The van der Waals surface area contributed by atoms with Crippen molar-refractivity contribution in [1.29, 1.82) is 0 Å². The monoisotopic (exact) mass is 374 g/mol. The fraction of sp³-hybridized carbons (Fsp3) is 0.438. The van der Waals surface area contributed by atoms with Crippen molar-refractivity contribution in [3.05, 3.63) is 57.4 Å². The van der Waals surface area contributed by atoms with E-state index in [1.165, 1.54) is 6.20 Å². The molecule has 1 heterocycles. The second kappa shape index (κ2) is 7.49. The maximum atomic E-state index is 14.4. The van der Waals surface area contributed by atoms with Gasteiger partial charge in [-0.2, -0.15) is 4.31 Å². The van der Waals surface area contributed by atoms with E-state index in [0.29, 0.717) is 6.42 Å². The number of H-pyrrole nitrogens is 1. The van der Waals surface area contributed by atoms with E-state index in [0.717, 1.165) is 22.7 Å². The Balaban J connectivity index is 2.35. The van der Waals surface area contributed by atoms with Gasteiger partial charge in [0.25, 0.3) is 0 Å². The van der Waals surface area contributed by atoms with E-state index in [-0.39, 0.29) is 30.0 Å². The predicted molar refractivity (Wildman–Crippen MR) is 88.7 cm³/mol. The van der Waals surface area contributed by atoms with Crippen molar-refractivity contribution in [1.82, 2.24) is 9.29 Å². The summed E-state index contributed by atoms with van der Waals surface area (Å²) in [4.78, 5) is 13.4. The van der Waals surface area contributed by atoms with Gasteiger partial charge in [-0.1, -0.05) is 13.8 Å². The minimum absolute atomic E-state index is 0.0189. The molecule has 0 saturated heterocycles. The molecule has 0 aliphatic heterocycles. The molecule has 0 bridgehead atoms. The minimum atomic E-state index is -3.53. The van der Waals surface area contributed by atoms with Crippen LogP contribution in [0.15, 0.2) is 27.5 Å². The summed E-state index contributed by atoms with van der Waals surface area (Å²) in [6.45, 7) is 3.34. The van der Waals surface area contributed by atoms with E-state index in [9.17, 15) is 22.0 Å². The molecule has 0 amide bonds. The van der Waals surface area contributed by atoms with E-state index in [1.54, 1.807) is 13.8 Å². The van der Waals surface area contributed by atoms with Gasteiger partial charge in [-0.05, 0) is 18.6 Å². The standard InChI is InChI=1S/C16H20F2N2O4S/c1-4-5-20(25(3,22)23)9-11-6-14(18)12(7-13(11)17)10(2)15-8-19-16(21)24-15/h6-8,10H,4-5,9H2,1-3H3,(H,19,21). The van der Waals surface area contributed by atoms with Crippen LogP contribution < -0.4 is 5.76 Å². The Kier molecular flexibility index (Phi) is 5.79. The third-order valence-electron chi connectivity index (χ3n) is 3.89. The molecule has 0 radical (unpaired) electrons. The first-order valence-corrected chi connectivity index (χ1v) is 9.59. The molecule has 0 aliphatic carbocycles. The molecule has 0 saturated carbocycles. The normalized spacial score (nSPS) is 13.4. The third kappa shape index (κ3) is 4.55. The Morgan fingerprint density at radius 1 is 1.28 bits per heavy atom. The van der Waals surface area contributed by atoms with Gasteiger partial charge in [0.2, 0.25) is 10.0 Å². The van der Waals surface area contributed by atoms with Crippen LogP contribution in [0.4, 0.5) is 8.78 Å². The Morgan fingerprint density at radius 3 is 2.48 bits per heavy atom. The summed E-state index contributed by atoms with van der Waals surface area (Å²) in [6.07, 6.45) is 2.88. The van der Waals surface area contributed by atoms with E-state index in [1.807, 2.05) is 0 Å². The van der Waals surface area contributed by atoms with Crippen LogP contribution in [-0.2, 0) is 16.6 Å². The number of aromatic nitrogens is 1. The molecular weight excluding hydrogens is 354 g/mol. The number of nitrogens with zero attached hydrogens (tertiary/aromatic N) is 1. The zero-order chi connectivity index (χ0) is 18.8. The van der Waals surface area contributed by atoms with Gasteiger partial charge in [0.05, 0.1) is 6.26 Å². The van der Waals surface area contributed by atoms with Crippen molar-refractivity contribution < 1.29 is 21.6 Å². The highest BCUT2D eigenvalue weighted by Gasteiger charge is 2.22. The van der Waals surface area contributed by atoms with Crippen LogP contribution in [0.2, 0.25) is 0 Å². The summed E-state index contributed by atoms with van der Waals surface area (Å²) in [6, 6.07) is 1.99. The molecular formula is C16H20F2N2O4S. The Hall–Kier alpha value is -2.00. The first kappa shape index (κ1) is 19.3. The number of benzene rings is 1. The second-order valence-electron chi connectivity index (χ2n) is 5.86. The molecule has 138 valence electrons. The van der Waals surface area contributed by atoms with Crippen LogP contribution in [0.5, 0.6) is 0 Å². The second-order valence-corrected chi connectivity index (χ2v) is 7.85. The maximum absolute atomic E-state index is 14.4. The molecule has 6 nitrogen and oxygen atoms in total. The summed E-state index contributed by atoms with van der Waals surface area (Å²) in [5.41, 5.74) is -0.0340. The molecule has 0 spiro atoms. The fourth-order valence-corrected chi connectivity index (χ4v) is 3.41. The van der Waals surface area contributed by atoms with Gasteiger partial charge < -0.3 is 4.42 Å². The zero-order valence-corrected chi connectivity index (χ0v) is 15.0. The van der Waals surface area contributed by atoms with Gasteiger partial charge in [0, 0.05) is 36.3 Å². The van der Waals surface area contributed by atoms with Crippen LogP contribution in [0.25, 0.3) is 0 Å². The van der Waals surface area contributed by atoms with Gasteiger partial charge in [0.15, 0.2) is 0 Å². The summed E-state index contributed by atoms with van der Waals surface area (Å²) < 4.78 is 58.3. The zero-order valence-electron chi connectivity index (χ0n) is 14.2. The molecule has 1 N–H and O–H groups in total. The van der Waals surface area contributed by atoms with Gasteiger partial charge in [-0.25, -0.2) is 22.0 Å². The topological polar surface area (TPSA) is 83.4 Å². The first-order chi connectivity index (χ1) is 11.6. The van der Waals surface area contributed by atoms with Gasteiger partial charge in [0.1, 0.15) is 17.4 Å². The number of halogens is 2. The van der Waals surface area contributed by atoms with Crippen molar-refractivity contribution in [2.24, 2.45) is 0 Å². The first-order valence-electron chi connectivity index (χ1n) is 7.74. The Morgan fingerprint density at radius 2 is 1.96 bits per heavy atom. The van der Waals surface area contributed by atoms with E-state index in [4.69, 9.17) is 4.42 Å². The Labute approximate surface area is 144 Å². The van der Waals surface area contributed by atoms with Crippen molar-refractivity contribution in [2.75, 3.05) is 12.8 Å². The summed E-state index contributed by atoms with van der Waals surface area (Å²) in [5, 5.41) is 0. The van der Waals surface area contributed by atoms with Crippen LogP contribution in [-0.4, -0.2) is 30.5 Å². The highest BCUT2D eigenvalue weighted by atomic mass is 32.2. The van der Waals surface area contributed by atoms with Crippen LogP contribution in [0.1, 0.15) is 43.1 Å². The SMILES string of the molecule is CCCN(Cc1cc(F)c(C(C)c2c[nH]c(=O)o2)cc1F)S(C)(=O)=O. The number of nitrogens with one attached hydrogen (secondary N) is 1. The summed E-state index contributed by atoms with van der Waals surface area (Å²) in [7, 11) is -3.53. The molecule has 0 fully saturated rings. The summed E-state index contributed by atoms with van der Waals surface area (Å²) in [5.74, 6) is -2.59. The highest BCUT2D eigenvalue weighted by Crippen LogP contribution is 2.28. The van der Waals surface area contributed by atoms with E-state index < -0.39 is 33.3 Å². The molecule has 1 unspecified atom stereocenters. The average Bonchev–Trinajstić information content (AvgIpc) is 2.95. The quantitative estimate of drug-likeness (QED) is 0.807. The fourth-order valence-electron chi connectivity index (χ4n) is 2.52. The lowest BCUT2D eigenvalue weighted by Crippen LogP contribution is -2.30. The molecule has 1 aromatic carbocycles. The lowest BCUT2D eigenvalue weighted by Gasteiger charge is -2.20. The number of hydrogen-bond acceptors (Lipinski definition) is 4. The summed E-state index contributed by atoms with van der Waals surface area (Å²) >= 11 is 0. The molecule has 25 heavy (non-hydrogen) atoms. The largest absolute Gasteiger partial charge is 0.416 e. The van der Waals surface area contributed by atoms with Crippen LogP contribution in [0.3, 0.4) is 0 Å². The molecule has 2 aromatic rings. The van der Waals surface area contributed by atoms with Crippen LogP contribution in [0, 0.1) is 11.6 Å². The number of hydrogen-bond donors (Lipinski definition) is 1. The van der Waals surface area contributed by atoms with Crippen molar-refractivity contribution in [2.45, 2.75) is 32.7 Å². The van der Waals surface area contributed by atoms with Gasteiger partial charge in [-0.15, -0.1) is 0 Å². The Bertz CT molecular complexity index is 905. The molecule has 1 atom stereocenters. The maximum Gasteiger partial charge on any atom is 0.416 e. The predicted octanol–water partition coefficient (Wildman–Crippen LogP) is 2.57. The van der Waals surface area contributed by atoms with Crippen molar-refractivity contribution in [3.63, 3.8) is 0 Å². The number of rotatable bonds is 7. The molecule has 2 rings (SSSR count). The van der Waals surface area contributed by atoms with E-state index in [2.05, 4.69) is 4.98 Å². The lowest BCUT2D eigenvalue weighted by atomic mass is 9.96. The lowest BCUT2D eigenvalue weighted by molar-refractivity contribution is 0.400. The van der Waals surface area contributed by atoms with Crippen molar-refractivity contribution >= 4 is 10.0 Å². The number of sulfonamides is 1. The number of oxazole rings is 1. The minimum Gasteiger partial charge on any atom is -0.412 e. The van der Waals surface area contributed by atoms with Crippen LogP contribution >= 0.6 is 0 Å². The smallest absolute Gasteiger partial charge is 0.412 e.